The van der Waals surface area contributed by atoms with Gasteiger partial charge in [0.25, 0.3) is 0 Å². The first-order valence-corrected chi connectivity index (χ1v) is 12.2. The van der Waals surface area contributed by atoms with Crippen LogP contribution in [0.15, 0.2) is 72.8 Å². The first kappa shape index (κ1) is 26.5. The van der Waals surface area contributed by atoms with Crippen LogP contribution in [0.25, 0.3) is 11.1 Å². The zero-order valence-electron chi connectivity index (χ0n) is 21.0. The molecule has 3 rings (SSSR count). The first-order valence-electron chi connectivity index (χ1n) is 12.2. The number of hydrogen-bond acceptors (Lipinski definition) is 6. The minimum absolute atomic E-state index is 0.274. The number of rotatable bonds is 11. The number of hydrogen-bond donors (Lipinski definition) is 0. The Balaban J connectivity index is 1.56. The van der Waals surface area contributed by atoms with Crippen LogP contribution in [0.4, 0.5) is 0 Å². The molecule has 0 heterocycles. The number of benzene rings is 3. The lowest BCUT2D eigenvalue weighted by atomic mass is 9.90. The van der Waals surface area contributed by atoms with Gasteiger partial charge in [0, 0.05) is 0 Å². The lowest BCUT2D eigenvalue weighted by molar-refractivity contribution is -0.142. The van der Waals surface area contributed by atoms with Crippen molar-refractivity contribution in [3.8, 4) is 34.4 Å². The standard InChI is InChI=1S/C30H31NO5/c1-4-6-7-20-34-25-14-12-23(13-15-25)22-8-10-24(11-9-22)28(32)35-26-16-18-27(19-17-26)36-29(33)30(3,5-2)21-31/h8-19H,4-7,20H2,1-3H3. The fraction of sp³-hybridized carbons (Fsp3) is 0.300. The largest absolute Gasteiger partial charge is 0.494 e. The maximum atomic E-state index is 12.6. The second-order valence-electron chi connectivity index (χ2n) is 8.71. The molecule has 3 aromatic carbocycles. The van der Waals surface area contributed by atoms with E-state index in [4.69, 9.17) is 14.2 Å². The van der Waals surface area contributed by atoms with Crippen LogP contribution in [0.1, 0.15) is 56.8 Å². The van der Waals surface area contributed by atoms with Crippen molar-refractivity contribution in [2.24, 2.45) is 5.41 Å². The Morgan fingerprint density at radius 3 is 1.83 bits per heavy atom. The van der Waals surface area contributed by atoms with E-state index in [1.807, 2.05) is 42.5 Å². The predicted molar refractivity (Wildman–Crippen MR) is 138 cm³/mol. The summed E-state index contributed by atoms with van der Waals surface area (Å²) in [4.78, 5) is 24.8. The highest BCUT2D eigenvalue weighted by atomic mass is 16.5. The first-order chi connectivity index (χ1) is 17.4. The van der Waals surface area contributed by atoms with Crippen molar-refractivity contribution < 1.29 is 23.8 Å². The molecule has 6 nitrogen and oxygen atoms in total. The fourth-order valence-electron chi connectivity index (χ4n) is 3.31. The van der Waals surface area contributed by atoms with E-state index in [9.17, 15) is 14.9 Å². The Kier molecular flexibility index (Phi) is 9.24. The number of esters is 2. The van der Waals surface area contributed by atoms with E-state index in [0.29, 0.717) is 17.7 Å². The summed E-state index contributed by atoms with van der Waals surface area (Å²) >= 11 is 0. The van der Waals surface area contributed by atoms with Crippen molar-refractivity contribution in [2.75, 3.05) is 6.61 Å². The monoisotopic (exact) mass is 485 g/mol. The normalized spacial score (nSPS) is 12.2. The minimum Gasteiger partial charge on any atom is -0.494 e. The van der Waals surface area contributed by atoms with Gasteiger partial charge in [-0.25, -0.2) is 9.59 Å². The average molecular weight is 486 g/mol. The van der Waals surface area contributed by atoms with Crippen LogP contribution in [0.3, 0.4) is 0 Å². The molecule has 0 saturated carbocycles. The SMILES string of the molecule is CCCCCOc1ccc(-c2ccc(C(=O)Oc3ccc(OC(=O)C(C)(C#N)CC)cc3)cc2)cc1. The molecule has 1 atom stereocenters. The van der Waals surface area contributed by atoms with Gasteiger partial charge in [-0.2, -0.15) is 5.26 Å². The highest BCUT2D eigenvalue weighted by Gasteiger charge is 2.33. The lowest BCUT2D eigenvalue weighted by Gasteiger charge is -2.17. The van der Waals surface area contributed by atoms with Crippen LogP contribution < -0.4 is 14.2 Å². The molecule has 1 unspecified atom stereocenters. The minimum atomic E-state index is -1.21. The van der Waals surface area contributed by atoms with Gasteiger partial charge in [-0.05, 0) is 79.4 Å². The molecule has 0 spiro atoms. The summed E-state index contributed by atoms with van der Waals surface area (Å²) in [5, 5.41) is 9.21. The average Bonchev–Trinajstić information content (AvgIpc) is 2.92. The van der Waals surface area contributed by atoms with Crippen LogP contribution in [0.2, 0.25) is 0 Å². The Morgan fingerprint density at radius 1 is 0.778 bits per heavy atom. The summed E-state index contributed by atoms with van der Waals surface area (Å²) in [5.41, 5.74) is 1.21. The zero-order valence-corrected chi connectivity index (χ0v) is 21.0. The number of nitriles is 1. The molecule has 186 valence electrons. The molecule has 6 heteroatoms. The molecule has 3 aromatic rings. The molecular weight excluding hydrogens is 454 g/mol. The van der Waals surface area contributed by atoms with Crippen molar-refractivity contribution in [3.05, 3.63) is 78.4 Å². The number of unbranched alkanes of at least 4 members (excludes halogenated alkanes) is 2. The molecule has 0 aliphatic carbocycles. The van der Waals surface area contributed by atoms with Gasteiger partial charge in [-0.1, -0.05) is 51.0 Å². The molecule has 0 fully saturated rings. The second kappa shape index (κ2) is 12.6. The van der Waals surface area contributed by atoms with Gasteiger partial charge in [0.1, 0.15) is 17.2 Å². The van der Waals surface area contributed by atoms with Crippen LogP contribution in [-0.4, -0.2) is 18.5 Å². The lowest BCUT2D eigenvalue weighted by Crippen LogP contribution is -2.29. The van der Waals surface area contributed by atoms with E-state index >= 15 is 0 Å². The number of ether oxygens (including phenoxy) is 3. The van der Waals surface area contributed by atoms with Gasteiger partial charge >= 0.3 is 11.9 Å². The predicted octanol–water partition coefficient (Wildman–Crippen LogP) is 6.99. The Bertz CT molecular complexity index is 1190. The quantitative estimate of drug-likeness (QED) is 0.165. The topological polar surface area (TPSA) is 85.6 Å². The summed E-state index contributed by atoms with van der Waals surface area (Å²) in [5.74, 6) is 0.324. The van der Waals surface area contributed by atoms with Crippen LogP contribution in [-0.2, 0) is 4.79 Å². The van der Waals surface area contributed by atoms with Gasteiger partial charge in [-0.3, -0.25) is 0 Å². The maximum absolute atomic E-state index is 12.6. The summed E-state index contributed by atoms with van der Waals surface area (Å²) in [6, 6.07) is 23.2. The third-order valence-electron chi connectivity index (χ3n) is 5.97. The van der Waals surface area contributed by atoms with Gasteiger partial charge in [0.15, 0.2) is 5.41 Å². The van der Waals surface area contributed by atoms with Crippen molar-refractivity contribution in [3.63, 3.8) is 0 Å². The van der Waals surface area contributed by atoms with Crippen LogP contribution in [0, 0.1) is 16.7 Å². The van der Waals surface area contributed by atoms with Crippen LogP contribution >= 0.6 is 0 Å². The Labute approximate surface area is 212 Å². The summed E-state index contributed by atoms with van der Waals surface area (Å²) in [7, 11) is 0. The molecule has 0 amide bonds. The molecule has 0 saturated heterocycles. The highest BCUT2D eigenvalue weighted by molar-refractivity contribution is 5.91. The van der Waals surface area contributed by atoms with E-state index in [1.54, 1.807) is 19.1 Å². The molecule has 0 N–H and O–H groups in total. The number of carbonyl (C=O) groups excluding carboxylic acids is 2. The molecular formula is C30H31NO5. The zero-order chi connectivity index (χ0) is 26.0. The van der Waals surface area contributed by atoms with Gasteiger partial charge in [0.2, 0.25) is 0 Å². The molecule has 0 bridgehead atoms. The number of carbonyl (C=O) groups is 2. The van der Waals surface area contributed by atoms with E-state index in [1.165, 1.54) is 31.2 Å². The molecule has 0 aliphatic heterocycles. The van der Waals surface area contributed by atoms with E-state index < -0.39 is 17.4 Å². The van der Waals surface area contributed by atoms with Gasteiger partial charge < -0.3 is 14.2 Å². The fourth-order valence-corrected chi connectivity index (χ4v) is 3.31. The van der Waals surface area contributed by atoms with Crippen molar-refractivity contribution in [2.45, 2.75) is 46.5 Å². The Hall–Kier alpha value is -4.11. The van der Waals surface area contributed by atoms with Gasteiger partial charge in [-0.15, -0.1) is 0 Å². The van der Waals surface area contributed by atoms with Crippen molar-refractivity contribution in [1.82, 2.24) is 0 Å². The van der Waals surface area contributed by atoms with Crippen molar-refractivity contribution >= 4 is 11.9 Å². The van der Waals surface area contributed by atoms with Crippen molar-refractivity contribution in [1.29, 1.82) is 5.26 Å². The number of nitrogens with zero attached hydrogens (tertiary/aromatic N) is 1. The molecule has 0 aliphatic rings. The van der Waals surface area contributed by atoms with E-state index in [2.05, 4.69) is 6.92 Å². The molecule has 36 heavy (non-hydrogen) atoms. The van der Waals surface area contributed by atoms with E-state index in [0.717, 1.165) is 42.7 Å². The van der Waals surface area contributed by atoms with E-state index in [-0.39, 0.29) is 5.75 Å². The summed E-state index contributed by atoms with van der Waals surface area (Å²) < 4.78 is 16.5. The third kappa shape index (κ3) is 6.96. The summed E-state index contributed by atoms with van der Waals surface area (Å²) in [6.07, 6.45) is 3.72. The third-order valence-corrected chi connectivity index (χ3v) is 5.97. The smallest absolute Gasteiger partial charge is 0.343 e. The maximum Gasteiger partial charge on any atom is 0.343 e. The van der Waals surface area contributed by atoms with Crippen LogP contribution in [0.5, 0.6) is 17.2 Å². The molecule has 0 aromatic heterocycles. The highest BCUT2D eigenvalue weighted by Crippen LogP contribution is 2.26. The summed E-state index contributed by atoms with van der Waals surface area (Å²) in [6.45, 7) is 6.17. The molecule has 0 radical (unpaired) electrons. The second-order valence-corrected chi connectivity index (χ2v) is 8.71. The van der Waals surface area contributed by atoms with Gasteiger partial charge in [0.05, 0.1) is 18.2 Å². The Morgan fingerprint density at radius 2 is 1.31 bits per heavy atom.